The van der Waals surface area contributed by atoms with Gasteiger partial charge in [0.2, 0.25) is 0 Å². The van der Waals surface area contributed by atoms with Crippen LogP contribution in [0.3, 0.4) is 0 Å². The number of ether oxygens (including phenoxy) is 1. The molecule has 3 heterocycles. The number of nitrogens with zero attached hydrogens (tertiary/aromatic N) is 3. The molecule has 206 valence electrons. The Bertz CT molecular complexity index is 1130. The van der Waals surface area contributed by atoms with E-state index in [-0.39, 0.29) is 37.4 Å². The summed E-state index contributed by atoms with van der Waals surface area (Å²) in [5.74, 6) is -0.233. The van der Waals surface area contributed by atoms with Crippen molar-refractivity contribution in [3.63, 3.8) is 0 Å². The Labute approximate surface area is 219 Å². The number of hydrogen-bond donors (Lipinski definition) is 1. The third-order valence-electron chi connectivity index (χ3n) is 8.31. The lowest BCUT2D eigenvalue weighted by atomic mass is 9.67. The number of aliphatic hydroxyl groups is 1. The molecule has 1 aromatic heterocycles. The van der Waals surface area contributed by atoms with Crippen LogP contribution in [0.5, 0.6) is 5.75 Å². The zero-order valence-electron chi connectivity index (χ0n) is 21.2. The second-order valence-corrected chi connectivity index (χ2v) is 10.9. The average molecular weight is 536 g/mol. The van der Waals surface area contributed by atoms with Crippen LogP contribution in [0, 0.1) is 17.2 Å². The fourth-order valence-corrected chi connectivity index (χ4v) is 5.67. The monoisotopic (exact) mass is 535 g/mol. The van der Waals surface area contributed by atoms with Gasteiger partial charge in [0, 0.05) is 25.2 Å². The summed E-state index contributed by atoms with van der Waals surface area (Å²) in [6.45, 7) is 2.47. The number of hydrogen-bond acceptors (Lipinski definition) is 5. The molecule has 0 unspecified atom stereocenters. The molecule has 0 bridgehead atoms. The van der Waals surface area contributed by atoms with Gasteiger partial charge in [0.05, 0.1) is 35.6 Å². The summed E-state index contributed by atoms with van der Waals surface area (Å²) in [7, 11) is 0. The van der Waals surface area contributed by atoms with E-state index in [0.717, 1.165) is 12.8 Å². The van der Waals surface area contributed by atoms with Crippen LogP contribution < -0.4 is 4.74 Å². The third kappa shape index (κ3) is 5.66. The van der Waals surface area contributed by atoms with E-state index in [0.29, 0.717) is 56.1 Å². The lowest BCUT2D eigenvalue weighted by Gasteiger charge is -2.47. The molecule has 10 heteroatoms. The summed E-state index contributed by atoms with van der Waals surface area (Å²) in [5.41, 5.74) is -0.479. The van der Waals surface area contributed by atoms with Crippen molar-refractivity contribution in [1.82, 2.24) is 14.8 Å². The predicted molar refractivity (Wildman–Crippen MR) is 133 cm³/mol. The molecule has 3 aliphatic rings. The highest BCUT2D eigenvalue weighted by atomic mass is 19.4. The number of β-amino-alcohol motifs (C(OH)–C–C–N with tert-alkyl or cyclic N) is 1. The molecule has 3 fully saturated rings. The van der Waals surface area contributed by atoms with E-state index < -0.39 is 29.4 Å². The quantitative estimate of drug-likeness (QED) is 0.510. The highest BCUT2D eigenvalue weighted by Crippen LogP contribution is 2.53. The van der Waals surface area contributed by atoms with E-state index in [1.165, 1.54) is 17.0 Å². The molecule has 2 aromatic rings. The van der Waals surface area contributed by atoms with Crippen LogP contribution in [0.15, 0.2) is 36.5 Å². The van der Waals surface area contributed by atoms with Gasteiger partial charge in [-0.2, -0.15) is 13.2 Å². The Morgan fingerprint density at radius 3 is 2.42 bits per heavy atom. The van der Waals surface area contributed by atoms with Crippen molar-refractivity contribution in [3.05, 3.63) is 47.9 Å². The third-order valence-corrected chi connectivity index (χ3v) is 8.31. The maximum atomic E-state index is 14.7. The number of piperidine rings is 1. The minimum atomic E-state index is -4.13. The van der Waals surface area contributed by atoms with Crippen molar-refractivity contribution >= 4 is 5.91 Å². The maximum Gasteiger partial charge on any atom is 0.395 e. The SMILES string of the molecule is O=C(c1ccc(-c2ccc(OCC3CCN(CC4(C(F)(F)F)CCC4)CC3)cn2)cc1F)N1CC[C@@H](O)C1. The molecule has 0 spiro atoms. The van der Waals surface area contributed by atoms with Crippen LogP contribution in [0.4, 0.5) is 17.6 Å². The summed E-state index contributed by atoms with van der Waals surface area (Å²) in [5, 5.41) is 9.63. The number of benzene rings is 1. The molecule has 2 aliphatic heterocycles. The molecule has 1 saturated carbocycles. The van der Waals surface area contributed by atoms with Gasteiger partial charge in [0.25, 0.3) is 5.91 Å². The first kappa shape index (κ1) is 26.9. The van der Waals surface area contributed by atoms with Gasteiger partial charge in [0.15, 0.2) is 0 Å². The smallest absolute Gasteiger partial charge is 0.395 e. The molecule has 1 aromatic carbocycles. The minimum absolute atomic E-state index is 0.0323. The molecule has 1 N–H and O–H groups in total. The molecular weight excluding hydrogens is 502 g/mol. The van der Waals surface area contributed by atoms with E-state index in [4.69, 9.17) is 4.74 Å². The average Bonchev–Trinajstić information content (AvgIpc) is 3.31. The van der Waals surface area contributed by atoms with Gasteiger partial charge in [0.1, 0.15) is 11.6 Å². The van der Waals surface area contributed by atoms with Crippen molar-refractivity contribution in [3.8, 4) is 17.0 Å². The molecule has 1 aliphatic carbocycles. The largest absolute Gasteiger partial charge is 0.492 e. The van der Waals surface area contributed by atoms with Gasteiger partial charge in [-0.1, -0.05) is 12.5 Å². The van der Waals surface area contributed by atoms with Crippen LogP contribution in [0.1, 0.15) is 48.9 Å². The highest BCUT2D eigenvalue weighted by Gasteiger charge is 2.58. The lowest BCUT2D eigenvalue weighted by molar-refractivity contribution is -0.256. The second-order valence-electron chi connectivity index (χ2n) is 10.9. The molecule has 6 nitrogen and oxygen atoms in total. The number of carbonyl (C=O) groups excluding carboxylic acids is 1. The van der Waals surface area contributed by atoms with Crippen molar-refractivity contribution in [2.75, 3.05) is 39.3 Å². The number of aromatic nitrogens is 1. The zero-order chi connectivity index (χ0) is 26.9. The van der Waals surface area contributed by atoms with Crippen LogP contribution >= 0.6 is 0 Å². The molecule has 1 amide bonds. The summed E-state index contributed by atoms with van der Waals surface area (Å²) < 4.78 is 61.0. The van der Waals surface area contributed by atoms with Gasteiger partial charge in [-0.25, -0.2) is 4.39 Å². The van der Waals surface area contributed by atoms with Crippen molar-refractivity contribution in [2.45, 2.75) is 50.8 Å². The summed E-state index contributed by atoms with van der Waals surface area (Å²) in [6.07, 6.45) is 0.0706. The van der Waals surface area contributed by atoms with E-state index >= 15 is 0 Å². The molecule has 2 saturated heterocycles. The van der Waals surface area contributed by atoms with Crippen LogP contribution in [-0.4, -0.2) is 77.4 Å². The predicted octanol–water partition coefficient (Wildman–Crippen LogP) is 4.92. The van der Waals surface area contributed by atoms with E-state index in [1.807, 2.05) is 4.90 Å². The normalized spacial score (nSPS) is 22.3. The molecule has 38 heavy (non-hydrogen) atoms. The Hall–Kier alpha value is -2.72. The van der Waals surface area contributed by atoms with Gasteiger partial charge in [-0.3, -0.25) is 9.78 Å². The number of halogens is 4. The van der Waals surface area contributed by atoms with Crippen molar-refractivity contribution < 1.29 is 32.2 Å². The van der Waals surface area contributed by atoms with Gasteiger partial charge in [-0.15, -0.1) is 0 Å². The fourth-order valence-electron chi connectivity index (χ4n) is 5.67. The Balaban J connectivity index is 1.11. The van der Waals surface area contributed by atoms with Gasteiger partial charge in [-0.05, 0) is 75.4 Å². The van der Waals surface area contributed by atoms with Gasteiger partial charge < -0.3 is 19.6 Å². The molecular formula is C28H33F4N3O3. The molecule has 0 radical (unpaired) electrons. The maximum absolute atomic E-state index is 14.7. The number of amides is 1. The van der Waals surface area contributed by atoms with Crippen molar-refractivity contribution in [2.24, 2.45) is 11.3 Å². The summed E-state index contributed by atoms with van der Waals surface area (Å²) >= 11 is 0. The lowest BCUT2D eigenvalue weighted by Crippen LogP contribution is -2.53. The second kappa shape index (κ2) is 10.8. The van der Waals surface area contributed by atoms with Crippen LogP contribution in [-0.2, 0) is 0 Å². The first-order valence-electron chi connectivity index (χ1n) is 13.3. The minimum Gasteiger partial charge on any atom is -0.492 e. The number of likely N-dealkylation sites (tertiary alicyclic amines) is 2. The Morgan fingerprint density at radius 2 is 1.87 bits per heavy atom. The molecule has 1 atom stereocenters. The first-order valence-corrected chi connectivity index (χ1v) is 13.3. The number of carbonyl (C=O) groups is 1. The number of alkyl halides is 3. The van der Waals surface area contributed by atoms with Gasteiger partial charge >= 0.3 is 6.18 Å². The zero-order valence-corrected chi connectivity index (χ0v) is 21.2. The first-order chi connectivity index (χ1) is 18.1. The van der Waals surface area contributed by atoms with Crippen molar-refractivity contribution in [1.29, 1.82) is 0 Å². The number of pyridine rings is 1. The Kier molecular flexibility index (Phi) is 7.64. The van der Waals surface area contributed by atoms with Crippen LogP contribution in [0.25, 0.3) is 11.3 Å². The standard InChI is InChI=1S/C28H33F4N3O3/c29-24-14-20(2-4-23(24)26(37)35-13-8-21(36)16-35)25-5-3-22(15-33-25)38-17-19-6-11-34(12-7-19)18-27(9-1-10-27)28(30,31)32/h2-5,14-15,19,21,36H,1,6-13,16-18H2/t21-/m1/s1. The Morgan fingerprint density at radius 1 is 1.11 bits per heavy atom. The number of aliphatic hydroxyl groups excluding tert-OH is 1. The fraction of sp³-hybridized carbons (Fsp3) is 0.571. The van der Waals surface area contributed by atoms with E-state index in [1.54, 1.807) is 24.4 Å². The molecule has 5 rings (SSSR count). The summed E-state index contributed by atoms with van der Waals surface area (Å²) in [6, 6.07) is 7.84. The number of rotatable bonds is 7. The van der Waals surface area contributed by atoms with Crippen LogP contribution in [0.2, 0.25) is 0 Å². The topological polar surface area (TPSA) is 65.9 Å². The van der Waals surface area contributed by atoms with E-state index in [9.17, 15) is 27.5 Å². The highest BCUT2D eigenvalue weighted by molar-refractivity contribution is 5.95. The summed E-state index contributed by atoms with van der Waals surface area (Å²) in [4.78, 5) is 20.3. The van der Waals surface area contributed by atoms with E-state index in [2.05, 4.69) is 4.98 Å².